The highest BCUT2D eigenvalue weighted by Gasteiger charge is 2.23. The van der Waals surface area contributed by atoms with Crippen LogP contribution in [0, 0.1) is 18.3 Å². The molecule has 6 nitrogen and oxygen atoms in total. The van der Waals surface area contributed by atoms with E-state index < -0.39 is 0 Å². The molecular weight excluding hydrogens is 462 g/mol. The normalized spacial score (nSPS) is 11.2. The van der Waals surface area contributed by atoms with Crippen molar-refractivity contribution in [3.63, 3.8) is 0 Å². The summed E-state index contributed by atoms with van der Waals surface area (Å²) in [5.41, 5.74) is 5.45. The SMILES string of the molecule is CCOC(=O)Cn1c(C)c(C=Nc2oc(-c3ccccc3)c(-c3ccccc3)c2C#N)c2ccccc21. The molecule has 0 amide bonds. The van der Waals surface area contributed by atoms with Crippen molar-refractivity contribution in [1.29, 1.82) is 5.26 Å². The van der Waals surface area contributed by atoms with E-state index in [1.54, 1.807) is 13.1 Å². The standard InChI is InChI=1S/C31H25N3O3/c1-3-36-28(35)20-34-21(2)26(24-16-10-11-17-27(24)34)19-33-31-25(18-32)29(22-12-6-4-7-13-22)30(37-31)23-14-8-5-9-15-23/h4-17,19H,3,20H2,1-2H3. The number of hydrogen-bond donors (Lipinski definition) is 0. The van der Waals surface area contributed by atoms with Crippen molar-refractivity contribution in [3.05, 3.63) is 102 Å². The summed E-state index contributed by atoms with van der Waals surface area (Å²) in [5, 5.41) is 11.1. The summed E-state index contributed by atoms with van der Waals surface area (Å²) in [6.45, 7) is 4.17. The molecule has 0 aliphatic rings. The van der Waals surface area contributed by atoms with Crippen molar-refractivity contribution in [3.8, 4) is 28.5 Å². The van der Waals surface area contributed by atoms with Gasteiger partial charge in [0.25, 0.3) is 0 Å². The van der Waals surface area contributed by atoms with Crippen LogP contribution in [0.15, 0.2) is 94.3 Å². The van der Waals surface area contributed by atoms with E-state index >= 15 is 0 Å². The van der Waals surface area contributed by atoms with Crippen molar-refractivity contribution in [1.82, 2.24) is 4.57 Å². The van der Waals surface area contributed by atoms with Crippen LogP contribution >= 0.6 is 0 Å². The lowest BCUT2D eigenvalue weighted by molar-refractivity contribution is -0.143. The van der Waals surface area contributed by atoms with E-state index in [1.807, 2.05) is 96.4 Å². The lowest BCUT2D eigenvalue weighted by Gasteiger charge is -2.07. The molecule has 0 atom stereocenters. The zero-order chi connectivity index (χ0) is 25.8. The smallest absolute Gasteiger partial charge is 0.325 e. The highest BCUT2D eigenvalue weighted by Crippen LogP contribution is 2.42. The molecule has 0 saturated heterocycles. The first kappa shape index (κ1) is 23.8. The van der Waals surface area contributed by atoms with Gasteiger partial charge in [-0.05, 0) is 25.5 Å². The van der Waals surface area contributed by atoms with Crippen LogP contribution in [-0.4, -0.2) is 23.4 Å². The second-order valence-electron chi connectivity index (χ2n) is 8.50. The number of nitriles is 1. The number of carbonyl (C=O) groups is 1. The molecular formula is C31H25N3O3. The van der Waals surface area contributed by atoms with Crippen LogP contribution in [0.25, 0.3) is 33.4 Å². The second kappa shape index (κ2) is 10.4. The molecule has 6 heteroatoms. The summed E-state index contributed by atoms with van der Waals surface area (Å²) >= 11 is 0. The Labute approximate surface area is 215 Å². The van der Waals surface area contributed by atoms with Gasteiger partial charge in [0.05, 0.1) is 6.61 Å². The molecule has 0 bridgehead atoms. The summed E-state index contributed by atoms with van der Waals surface area (Å²) in [5.74, 6) is 0.534. The molecule has 0 saturated carbocycles. The first-order valence-corrected chi connectivity index (χ1v) is 12.1. The van der Waals surface area contributed by atoms with E-state index in [2.05, 4.69) is 11.1 Å². The monoisotopic (exact) mass is 487 g/mol. The average Bonchev–Trinajstić information content (AvgIpc) is 3.43. The Bertz CT molecular complexity index is 1640. The van der Waals surface area contributed by atoms with Crippen molar-refractivity contribution < 1.29 is 13.9 Å². The number of fused-ring (bicyclic) bond motifs is 1. The second-order valence-corrected chi connectivity index (χ2v) is 8.50. The van der Waals surface area contributed by atoms with Crippen LogP contribution in [0.3, 0.4) is 0 Å². The number of esters is 1. The van der Waals surface area contributed by atoms with Gasteiger partial charge in [-0.1, -0.05) is 78.9 Å². The minimum Gasteiger partial charge on any atom is -0.465 e. The molecule has 0 aliphatic heterocycles. The number of benzene rings is 3. The maximum atomic E-state index is 12.3. The topological polar surface area (TPSA) is 80.5 Å². The molecule has 5 aromatic rings. The lowest BCUT2D eigenvalue weighted by atomic mass is 9.98. The fourth-order valence-electron chi connectivity index (χ4n) is 4.57. The summed E-state index contributed by atoms with van der Waals surface area (Å²) in [7, 11) is 0. The van der Waals surface area contributed by atoms with Crippen LogP contribution in [0.5, 0.6) is 0 Å². The summed E-state index contributed by atoms with van der Waals surface area (Å²) < 4.78 is 13.4. The molecule has 37 heavy (non-hydrogen) atoms. The number of hydrogen-bond acceptors (Lipinski definition) is 5. The van der Waals surface area contributed by atoms with E-state index in [4.69, 9.17) is 9.15 Å². The van der Waals surface area contributed by atoms with Crippen molar-refractivity contribution in [2.24, 2.45) is 4.99 Å². The summed E-state index contributed by atoms with van der Waals surface area (Å²) in [6, 6.07) is 29.6. The fourth-order valence-corrected chi connectivity index (χ4v) is 4.57. The molecule has 0 radical (unpaired) electrons. The average molecular weight is 488 g/mol. The predicted octanol–water partition coefficient (Wildman–Crippen LogP) is 7.06. The van der Waals surface area contributed by atoms with Crippen LogP contribution in [0.1, 0.15) is 23.7 Å². The first-order chi connectivity index (χ1) is 18.1. The molecule has 0 fully saturated rings. The third kappa shape index (κ3) is 4.55. The molecule has 0 N–H and O–H groups in total. The lowest BCUT2D eigenvalue weighted by Crippen LogP contribution is -2.14. The molecule has 0 spiro atoms. The van der Waals surface area contributed by atoms with Gasteiger partial charge in [-0.3, -0.25) is 4.79 Å². The Kier molecular flexibility index (Phi) is 6.69. The third-order valence-electron chi connectivity index (χ3n) is 6.28. The van der Waals surface area contributed by atoms with Gasteiger partial charge in [0, 0.05) is 39.5 Å². The Morgan fingerprint density at radius 3 is 2.32 bits per heavy atom. The Hall–Kier alpha value is -4.89. The van der Waals surface area contributed by atoms with Crippen LogP contribution < -0.4 is 0 Å². The number of furan rings is 1. The maximum absolute atomic E-state index is 12.3. The van der Waals surface area contributed by atoms with E-state index in [0.29, 0.717) is 23.5 Å². The van der Waals surface area contributed by atoms with Gasteiger partial charge >= 0.3 is 5.97 Å². The summed E-state index contributed by atoms with van der Waals surface area (Å²) in [4.78, 5) is 16.9. The zero-order valence-electron chi connectivity index (χ0n) is 20.6. The number of ether oxygens (including phenoxy) is 1. The summed E-state index contributed by atoms with van der Waals surface area (Å²) in [6.07, 6.45) is 1.71. The number of para-hydroxylation sites is 1. The molecule has 0 unspecified atom stereocenters. The van der Waals surface area contributed by atoms with Gasteiger partial charge in [0.1, 0.15) is 23.9 Å². The first-order valence-electron chi connectivity index (χ1n) is 12.1. The quantitative estimate of drug-likeness (QED) is 0.182. The van der Waals surface area contributed by atoms with E-state index in [9.17, 15) is 10.1 Å². The molecule has 182 valence electrons. The number of nitrogens with zero attached hydrogens (tertiary/aromatic N) is 3. The van der Waals surface area contributed by atoms with Crippen LogP contribution in [0.2, 0.25) is 0 Å². The minimum atomic E-state index is -0.298. The number of aromatic nitrogens is 1. The van der Waals surface area contributed by atoms with E-state index in [1.165, 1.54) is 0 Å². The molecule has 5 rings (SSSR count). The highest BCUT2D eigenvalue weighted by atomic mass is 16.5. The van der Waals surface area contributed by atoms with Crippen molar-refractivity contribution >= 4 is 29.0 Å². The van der Waals surface area contributed by atoms with Crippen molar-refractivity contribution in [2.45, 2.75) is 20.4 Å². The highest BCUT2D eigenvalue weighted by molar-refractivity contribution is 6.02. The van der Waals surface area contributed by atoms with Gasteiger partial charge < -0.3 is 13.7 Å². The van der Waals surface area contributed by atoms with Gasteiger partial charge in [-0.2, -0.15) is 5.26 Å². The number of rotatable bonds is 7. The van der Waals surface area contributed by atoms with E-state index in [0.717, 1.165) is 33.3 Å². The maximum Gasteiger partial charge on any atom is 0.325 e. The van der Waals surface area contributed by atoms with E-state index in [-0.39, 0.29) is 18.4 Å². The van der Waals surface area contributed by atoms with Gasteiger partial charge in [-0.15, -0.1) is 0 Å². The largest absolute Gasteiger partial charge is 0.465 e. The Morgan fingerprint density at radius 2 is 1.65 bits per heavy atom. The van der Waals surface area contributed by atoms with Crippen LogP contribution in [0.4, 0.5) is 5.88 Å². The molecule has 3 aromatic carbocycles. The third-order valence-corrected chi connectivity index (χ3v) is 6.28. The number of carbonyl (C=O) groups excluding carboxylic acids is 1. The van der Waals surface area contributed by atoms with Crippen LogP contribution in [-0.2, 0) is 16.1 Å². The molecule has 2 heterocycles. The van der Waals surface area contributed by atoms with Crippen molar-refractivity contribution in [2.75, 3.05) is 6.61 Å². The van der Waals surface area contributed by atoms with Gasteiger partial charge in [-0.25, -0.2) is 4.99 Å². The fraction of sp³-hybridized carbons (Fsp3) is 0.129. The molecule has 0 aliphatic carbocycles. The van der Waals surface area contributed by atoms with Gasteiger partial charge in [0.15, 0.2) is 0 Å². The zero-order valence-corrected chi connectivity index (χ0v) is 20.6. The Morgan fingerprint density at radius 1 is 1.00 bits per heavy atom. The van der Waals surface area contributed by atoms with Gasteiger partial charge in [0.2, 0.25) is 5.88 Å². The Balaban J connectivity index is 1.65. The number of aliphatic imine (C=N–C) groups is 1. The minimum absolute atomic E-state index is 0.106. The molecule has 2 aromatic heterocycles. The predicted molar refractivity (Wildman–Crippen MR) is 145 cm³/mol.